The van der Waals surface area contributed by atoms with Gasteiger partial charge in [0.2, 0.25) is 5.91 Å². The van der Waals surface area contributed by atoms with E-state index in [2.05, 4.69) is 20.1 Å². The zero-order valence-electron chi connectivity index (χ0n) is 16.1. The Bertz CT molecular complexity index is 840. The third kappa shape index (κ3) is 4.46. The Labute approximate surface area is 164 Å². The second-order valence-electron chi connectivity index (χ2n) is 7.67. The molecule has 0 N–H and O–H groups in total. The first-order valence-electron chi connectivity index (χ1n) is 10.1. The summed E-state index contributed by atoms with van der Waals surface area (Å²) in [6, 6.07) is 3.20. The number of nitrogens with zero attached hydrogens (tertiary/aromatic N) is 7. The van der Waals surface area contributed by atoms with E-state index in [9.17, 15) is 9.59 Å². The molecule has 2 aromatic rings. The molecule has 2 aliphatic rings. The molecule has 4 heterocycles. The first-order chi connectivity index (χ1) is 13.7. The molecule has 0 spiro atoms. The lowest BCUT2D eigenvalue weighted by atomic mass is 9.97. The Balaban J connectivity index is 1.28. The predicted octanol–water partition coefficient (Wildman–Crippen LogP) is 0.549. The number of amides is 1. The summed E-state index contributed by atoms with van der Waals surface area (Å²) >= 11 is 0. The molecule has 0 radical (unpaired) electrons. The molecule has 0 aliphatic carbocycles. The Kier molecular flexibility index (Phi) is 5.80. The number of piperidine rings is 2. The highest BCUT2D eigenvalue weighted by Gasteiger charge is 2.23. The normalized spacial score (nSPS) is 19.3. The average Bonchev–Trinajstić information content (AvgIpc) is 3.25. The first kappa shape index (κ1) is 18.8. The van der Waals surface area contributed by atoms with Crippen molar-refractivity contribution in [3.63, 3.8) is 0 Å². The molecule has 9 heteroatoms. The smallest absolute Gasteiger partial charge is 0.266 e. The molecule has 0 saturated carbocycles. The van der Waals surface area contributed by atoms with Crippen LogP contribution in [-0.4, -0.2) is 73.0 Å². The summed E-state index contributed by atoms with van der Waals surface area (Å²) in [5.74, 6) is 1.34. The largest absolute Gasteiger partial charge is 0.341 e. The summed E-state index contributed by atoms with van der Waals surface area (Å²) in [4.78, 5) is 32.5. The Hall–Kier alpha value is -2.55. The van der Waals surface area contributed by atoms with Gasteiger partial charge in [0.25, 0.3) is 5.56 Å². The van der Waals surface area contributed by atoms with Crippen molar-refractivity contribution in [2.45, 2.75) is 38.6 Å². The van der Waals surface area contributed by atoms with Gasteiger partial charge in [-0.3, -0.25) is 9.59 Å². The summed E-state index contributed by atoms with van der Waals surface area (Å²) in [6.07, 6.45) is 7.96. The van der Waals surface area contributed by atoms with Crippen molar-refractivity contribution in [2.24, 2.45) is 5.92 Å². The van der Waals surface area contributed by atoms with E-state index in [1.807, 2.05) is 4.90 Å². The van der Waals surface area contributed by atoms with Crippen molar-refractivity contribution in [1.82, 2.24) is 34.3 Å². The fourth-order valence-electron chi connectivity index (χ4n) is 4.02. The van der Waals surface area contributed by atoms with E-state index in [1.165, 1.54) is 12.4 Å². The molecular formula is C19H27N7O2. The van der Waals surface area contributed by atoms with Crippen LogP contribution in [0.2, 0.25) is 0 Å². The second kappa shape index (κ2) is 8.64. The number of carbonyl (C=O) groups is 1. The van der Waals surface area contributed by atoms with E-state index in [0.717, 1.165) is 58.4 Å². The lowest BCUT2D eigenvalue weighted by Gasteiger charge is -2.34. The average molecular weight is 385 g/mol. The first-order valence-corrected chi connectivity index (χ1v) is 10.1. The molecule has 0 unspecified atom stereocenters. The maximum absolute atomic E-state index is 12.2. The molecule has 28 heavy (non-hydrogen) atoms. The number of carbonyl (C=O) groups excluding carboxylic acids is 1. The minimum Gasteiger partial charge on any atom is -0.341 e. The number of hydrogen-bond acceptors (Lipinski definition) is 6. The number of rotatable bonds is 6. The minimum absolute atomic E-state index is 0.0881. The number of likely N-dealkylation sites (tertiary alicyclic amines) is 2. The number of hydrogen-bond donors (Lipinski definition) is 0. The van der Waals surface area contributed by atoms with Crippen molar-refractivity contribution in [3.05, 3.63) is 35.1 Å². The monoisotopic (exact) mass is 385 g/mol. The van der Waals surface area contributed by atoms with Crippen LogP contribution in [0.5, 0.6) is 0 Å². The third-order valence-corrected chi connectivity index (χ3v) is 5.75. The maximum atomic E-state index is 12.2. The van der Waals surface area contributed by atoms with E-state index in [0.29, 0.717) is 30.6 Å². The van der Waals surface area contributed by atoms with Crippen LogP contribution in [0.25, 0.3) is 5.82 Å². The minimum atomic E-state index is -0.0881. The highest BCUT2D eigenvalue weighted by Crippen LogP contribution is 2.19. The van der Waals surface area contributed by atoms with Crippen molar-refractivity contribution < 1.29 is 4.79 Å². The van der Waals surface area contributed by atoms with Gasteiger partial charge in [0.05, 0.1) is 0 Å². The molecule has 1 amide bonds. The van der Waals surface area contributed by atoms with Crippen molar-refractivity contribution in [2.75, 3.05) is 32.7 Å². The van der Waals surface area contributed by atoms with Gasteiger partial charge in [-0.25, -0.2) is 14.3 Å². The highest BCUT2D eigenvalue weighted by molar-refractivity contribution is 5.76. The molecule has 4 rings (SSSR count). The standard InChI is InChI=1S/C19H27N7O2/c27-18-3-1-2-8-24(18)12-11-23-9-6-16(7-10-23)13-25-19(28)5-4-17(22-25)26-15-20-14-21-26/h4-5,14-16H,1-3,6-13H2. The van der Waals surface area contributed by atoms with Crippen molar-refractivity contribution in [1.29, 1.82) is 0 Å². The van der Waals surface area contributed by atoms with Crippen LogP contribution in [0, 0.1) is 5.92 Å². The molecular weight excluding hydrogens is 358 g/mol. The summed E-state index contributed by atoms with van der Waals surface area (Å²) in [5.41, 5.74) is -0.0881. The maximum Gasteiger partial charge on any atom is 0.266 e. The van der Waals surface area contributed by atoms with Crippen LogP contribution in [0.4, 0.5) is 0 Å². The Morgan fingerprint density at radius 2 is 1.89 bits per heavy atom. The topological polar surface area (TPSA) is 89.2 Å². The van der Waals surface area contributed by atoms with Crippen molar-refractivity contribution in [3.8, 4) is 5.82 Å². The summed E-state index contributed by atoms with van der Waals surface area (Å²) in [7, 11) is 0. The van der Waals surface area contributed by atoms with Gasteiger partial charge < -0.3 is 9.80 Å². The SMILES string of the molecule is O=C1CCCCN1CCN1CCC(Cn2nc(-n3cncn3)ccc2=O)CC1. The van der Waals surface area contributed by atoms with E-state index < -0.39 is 0 Å². The molecule has 9 nitrogen and oxygen atoms in total. The predicted molar refractivity (Wildman–Crippen MR) is 103 cm³/mol. The molecule has 0 bridgehead atoms. The van der Waals surface area contributed by atoms with Gasteiger partial charge in [0.15, 0.2) is 5.82 Å². The van der Waals surface area contributed by atoms with Crippen LogP contribution < -0.4 is 5.56 Å². The molecule has 0 aromatic carbocycles. The lowest BCUT2D eigenvalue weighted by Crippen LogP contribution is -2.44. The van der Waals surface area contributed by atoms with E-state index in [1.54, 1.807) is 21.8 Å². The van der Waals surface area contributed by atoms with Crippen LogP contribution >= 0.6 is 0 Å². The molecule has 2 fully saturated rings. The molecule has 2 aromatic heterocycles. The quantitative estimate of drug-likeness (QED) is 0.721. The van der Waals surface area contributed by atoms with E-state index >= 15 is 0 Å². The molecule has 2 aliphatic heterocycles. The van der Waals surface area contributed by atoms with Gasteiger partial charge in [-0.1, -0.05) is 0 Å². The lowest BCUT2D eigenvalue weighted by molar-refractivity contribution is -0.133. The Morgan fingerprint density at radius 1 is 1.04 bits per heavy atom. The van der Waals surface area contributed by atoms with Crippen LogP contribution in [-0.2, 0) is 11.3 Å². The zero-order valence-corrected chi connectivity index (χ0v) is 16.1. The Morgan fingerprint density at radius 3 is 2.64 bits per heavy atom. The van der Waals surface area contributed by atoms with Gasteiger partial charge in [-0.15, -0.1) is 5.10 Å². The van der Waals surface area contributed by atoms with E-state index in [4.69, 9.17) is 0 Å². The van der Waals surface area contributed by atoms with Gasteiger partial charge in [0, 0.05) is 38.7 Å². The zero-order chi connectivity index (χ0) is 19.3. The molecule has 0 atom stereocenters. The molecule has 2 saturated heterocycles. The summed E-state index contributed by atoms with van der Waals surface area (Å²) in [6.45, 7) is 5.32. The summed E-state index contributed by atoms with van der Waals surface area (Å²) in [5, 5.41) is 8.51. The van der Waals surface area contributed by atoms with Crippen LogP contribution in [0.15, 0.2) is 29.6 Å². The van der Waals surface area contributed by atoms with Gasteiger partial charge in [-0.05, 0) is 50.8 Å². The van der Waals surface area contributed by atoms with E-state index in [-0.39, 0.29) is 5.56 Å². The van der Waals surface area contributed by atoms with Gasteiger partial charge >= 0.3 is 0 Å². The highest BCUT2D eigenvalue weighted by atomic mass is 16.2. The third-order valence-electron chi connectivity index (χ3n) is 5.75. The summed E-state index contributed by atoms with van der Waals surface area (Å²) < 4.78 is 3.10. The molecule has 150 valence electrons. The van der Waals surface area contributed by atoms with Crippen LogP contribution in [0.1, 0.15) is 32.1 Å². The van der Waals surface area contributed by atoms with Crippen LogP contribution in [0.3, 0.4) is 0 Å². The van der Waals surface area contributed by atoms with Crippen molar-refractivity contribution >= 4 is 5.91 Å². The van der Waals surface area contributed by atoms with Gasteiger partial charge in [-0.2, -0.15) is 5.10 Å². The van der Waals surface area contributed by atoms with Gasteiger partial charge in [0.1, 0.15) is 12.7 Å². The second-order valence-corrected chi connectivity index (χ2v) is 7.67. The fraction of sp³-hybridized carbons (Fsp3) is 0.632. The number of aromatic nitrogens is 5. The fourth-order valence-corrected chi connectivity index (χ4v) is 4.02.